The van der Waals surface area contributed by atoms with Gasteiger partial charge < -0.3 is 14.8 Å². The zero-order chi connectivity index (χ0) is 24.7. The van der Waals surface area contributed by atoms with Gasteiger partial charge in [-0.15, -0.1) is 0 Å². The molecule has 3 rings (SSSR count). The average molecular weight is 480 g/mol. The Morgan fingerprint density at radius 2 is 1.56 bits per heavy atom. The molecule has 0 radical (unpaired) electrons. The third-order valence-corrected chi connectivity index (χ3v) is 5.34. The Balaban J connectivity index is 1.46. The number of benzene rings is 3. The normalized spacial score (nSPS) is 11.4. The van der Waals surface area contributed by atoms with E-state index < -0.39 is 12.1 Å². The quantitative estimate of drug-likeness (QED) is 0.288. The summed E-state index contributed by atoms with van der Waals surface area (Å²) in [6.07, 6.45) is -1.19. The predicted octanol–water partition coefficient (Wildman–Crippen LogP) is 6.28. The molecule has 0 spiro atoms. The molecular formula is C27H26ClNO5. The molecule has 0 aliphatic heterocycles. The molecule has 0 aliphatic carbocycles. The van der Waals surface area contributed by atoms with E-state index in [1.807, 2.05) is 32.0 Å². The highest BCUT2D eigenvalue weighted by Crippen LogP contribution is 2.29. The van der Waals surface area contributed by atoms with Gasteiger partial charge in [0, 0.05) is 22.7 Å². The Morgan fingerprint density at radius 1 is 0.912 bits per heavy atom. The number of Topliss-reactive ketones (excluding diaryl/α,β-unsaturated/α-hetero) is 1. The largest absolute Gasteiger partial charge is 0.457 e. The van der Waals surface area contributed by atoms with E-state index in [0.717, 1.165) is 16.9 Å². The number of ketones is 1. The molecule has 3 aromatic rings. The second-order valence-electron chi connectivity index (χ2n) is 7.90. The van der Waals surface area contributed by atoms with E-state index in [-0.39, 0.29) is 24.5 Å². The molecule has 0 aliphatic rings. The Morgan fingerprint density at radius 3 is 2.21 bits per heavy atom. The predicted molar refractivity (Wildman–Crippen MR) is 132 cm³/mol. The van der Waals surface area contributed by atoms with Crippen molar-refractivity contribution in [1.82, 2.24) is 0 Å². The number of amides is 1. The van der Waals surface area contributed by atoms with Gasteiger partial charge in [0.2, 0.25) is 11.7 Å². The summed E-state index contributed by atoms with van der Waals surface area (Å²) < 4.78 is 11.1. The van der Waals surface area contributed by atoms with Crippen molar-refractivity contribution in [1.29, 1.82) is 0 Å². The first-order valence-electron chi connectivity index (χ1n) is 10.9. The second kappa shape index (κ2) is 11.5. The molecule has 1 N–H and O–H groups in total. The summed E-state index contributed by atoms with van der Waals surface area (Å²) in [5.74, 6) is 0.131. The summed E-state index contributed by atoms with van der Waals surface area (Å²) in [7, 11) is 0. The van der Waals surface area contributed by atoms with Crippen molar-refractivity contribution in [2.24, 2.45) is 0 Å². The summed E-state index contributed by atoms with van der Waals surface area (Å²) in [5, 5.41) is 3.16. The van der Waals surface area contributed by atoms with Crippen LogP contribution in [0.5, 0.6) is 11.5 Å². The lowest BCUT2D eigenvalue weighted by molar-refractivity contribution is -0.147. The van der Waals surface area contributed by atoms with Gasteiger partial charge in [-0.2, -0.15) is 0 Å². The van der Waals surface area contributed by atoms with Gasteiger partial charge in [0.05, 0.1) is 6.42 Å². The number of para-hydroxylation sites is 1. The molecule has 0 fully saturated rings. The van der Waals surface area contributed by atoms with Gasteiger partial charge in [-0.3, -0.25) is 14.4 Å². The fourth-order valence-corrected chi connectivity index (χ4v) is 3.50. The molecule has 0 saturated carbocycles. The highest BCUT2D eigenvalue weighted by molar-refractivity contribution is 6.31. The number of ether oxygens (including phenoxy) is 2. The fraction of sp³-hybridized carbons (Fsp3) is 0.222. The number of hydrogen-bond acceptors (Lipinski definition) is 5. The average Bonchev–Trinajstić information content (AvgIpc) is 2.81. The minimum atomic E-state index is -0.974. The van der Waals surface area contributed by atoms with Crippen molar-refractivity contribution in [3.8, 4) is 11.5 Å². The zero-order valence-corrected chi connectivity index (χ0v) is 20.0. The van der Waals surface area contributed by atoms with Crippen molar-refractivity contribution in [3.63, 3.8) is 0 Å². The minimum Gasteiger partial charge on any atom is -0.457 e. The molecule has 0 aromatic heterocycles. The first-order chi connectivity index (χ1) is 16.2. The molecule has 0 saturated heterocycles. The van der Waals surface area contributed by atoms with Crippen LogP contribution in [-0.4, -0.2) is 23.8 Å². The Hall–Kier alpha value is -3.64. The molecule has 1 amide bonds. The number of carbonyl (C=O) groups excluding carboxylic acids is 3. The van der Waals surface area contributed by atoms with Crippen LogP contribution in [0.2, 0.25) is 5.02 Å². The number of anilines is 1. The van der Waals surface area contributed by atoms with Crippen molar-refractivity contribution >= 4 is 34.9 Å². The van der Waals surface area contributed by atoms with E-state index in [2.05, 4.69) is 5.32 Å². The van der Waals surface area contributed by atoms with Crippen LogP contribution in [0.25, 0.3) is 0 Å². The second-order valence-corrected chi connectivity index (χ2v) is 8.34. The first kappa shape index (κ1) is 25.0. The van der Waals surface area contributed by atoms with Crippen LogP contribution in [0.3, 0.4) is 0 Å². The number of nitrogens with one attached hydrogen (secondary N) is 1. The molecule has 0 heterocycles. The Bertz CT molecular complexity index is 1170. The summed E-state index contributed by atoms with van der Waals surface area (Å²) in [6.45, 7) is 5.45. The lowest BCUT2D eigenvalue weighted by atomic mass is 10.1. The summed E-state index contributed by atoms with van der Waals surface area (Å²) in [5.41, 5.74) is 3.01. The van der Waals surface area contributed by atoms with E-state index in [4.69, 9.17) is 21.1 Å². The zero-order valence-electron chi connectivity index (χ0n) is 19.3. The van der Waals surface area contributed by atoms with Crippen LogP contribution >= 0.6 is 11.6 Å². The molecule has 6 nitrogen and oxygen atoms in total. The SMILES string of the molecule is Cc1cccc(C)c1Oc1ccc(NC(=O)CCC(=O)OC(C)C(=O)c2cccc(Cl)c2)cc1. The standard InChI is InChI=1S/C27H26ClNO5/c1-17-6-4-7-18(2)27(17)34-23-12-10-22(11-13-23)29-24(30)14-15-25(31)33-19(3)26(32)20-8-5-9-21(28)16-20/h4-13,16,19H,14-15H2,1-3H3,(H,29,30). The number of hydrogen-bond donors (Lipinski definition) is 1. The van der Waals surface area contributed by atoms with Crippen molar-refractivity contribution in [3.05, 3.63) is 88.4 Å². The van der Waals surface area contributed by atoms with Crippen LogP contribution in [0, 0.1) is 13.8 Å². The monoisotopic (exact) mass is 479 g/mol. The van der Waals surface area contributed by atoms with E-state index in [9.17, 15) is 14.4 Å². The Kier molecular flexibility index (Phi) is 8.44. The van der Waals surface area contributed by atoms with Gasteiger partial charge in [0.15, 0.2) is 6.10 Å². The number of rotatable bonds is 9. The molecule has 1 atom stereocenters. The summed E-state index contributed by atoms with van der Waals surface area (Å²) in [6, 6.07) is 19.3. The van der Waals surface area contributed by atoms with Crippen molar-refractivity contribution in [2.75, 3.05) is 5.32 Å². The lowest BCUT2D eigenvalue weighted by Crippen LogP contribution is -2.25. The molecule has 7 heteroatoms. The topological polar surface area (TPSA) is 81.7 Å². The van der Waals surface area contributed by atoms with E-state index in [1.165, 1.54) is 13.0 Å². The molecule has 3 aromatic carbocycles. The van der Waals surface area contributed by atoms with Gasteiger partial charge >= 0.3 is 5.97 Å². The van der Waals surface area contributed by atoms with Crippen LogP contribution in [0.4, 0.5) is 5.69 Å². The smallest absolute Gasteiger partial charge is 0.307 e. The maximum Gasteiger partial charge on any atom is 0.307 e. The van der Waals surface area contributed by atoms with Gasteiger partial charge in [0.1, 0.15) is 11.5 Å². The number of carbonyl (C=O) groups is 3. The number of halogens is 1. The minimum absolute atomic E-state index is 0.0719. The Labute approximate surface area is 203 Å². The van der Waals surface area contributed by atoms with Crippen molar-refractivity contribution in [2.45, 2.75) is 39.7 Å². The van der Waals surface area contributed by atoms with Crippen LogP contribution in [-0.2, 0) is 14.3 Å². The van der Waals surface area contributed by atoms with Crippen molar-refractivity contribution < 1.29 is 23.9 Å². The lowest BCUT2D eigenvalue weighted by Gasteiger charge is -2.13. The molecule has 0 bridgehead atoms. The third-order valence-electron chi connectivity index (χ3n) is 5.11. The highest BCUT2D eigenvalue weighted by Gasteiger charge is 2.20. The summed E-state index contributed by atoms with van der Waals surface area (Å²) in [4.78, 5) is 36.7. The molecule has 1 unspecified atom stereocenters. The molecular weight excluding hydrogens is 454 g/mol. The maximum absolute atomic E-state index is 12.4. The van der Waals surface area contributed by atoms with Gasteiger partial charge in [-0.1, -0.05) is 41.9 Å². The number of esters is 1. The third kappa shape index (κ3) is 6.93. The maximum atomic E-state index is 12.4. The molecule has 34 heavy (non-hydrogen) atoms. The van der Waals surface area contributed by atoms with E-state index >= 15 is 0 Å². The highest BCUT2D eigenvalue weighted by atomic mass is 35.5. The van der Waals surface area contributed by atoms with E-state index in [1.54, 1.807) is 42.5 Å². The summed E-state index contributed by atoms with van der Waals surface area (Å²) >= 11 is 5.90. The van der Waals surface area contributed by atoms with E-state index in [0.29, 0.717) is 22.0 Å². The number of aryl methyl sites for hydroxylation is 2. The van der Waals surface area contributed by atoms with Crippen LogP contribution in [0.1, 0.15) is 41.3 Å². The first-order valence-corrected chi connectivity index (χ1v) is 11.2. The van der Waals surface area contributed by atoms with Gasteiger partial charge in [-0.25, -0.2) is 0 Å². The van der Waals surface area contributed by atoms with Gasteiger partial charge in [-0.05, 0) is 68.3 Å². The van der Waals surface area contributed by atoms with Crippen LogP contribution in [0.15, 0.2) is 66.7 Å². The molecule has 176 valence electrons. The van der Waals surface area contributed by atoms with Gasteiger partial charge in [0.25, 0.3) is 0 Å². The fourth-order valence-electron chi connectivity index (χ4n) is 3.31. The van der Waals surface area contributed by atoms with Crippen LogP contribution < -0.4 is 10.1 Å².